The Bertz CT molecular complexity index is 792. The monoisotopic (exact) mass is 280 g/mol. The van der Waals surface area contributed by atoms with Crippen LogP contribution in [0.2, 0.25) is 0 Å². The molecule has 3 aromatic rings. The van der Waals surface area contributed by atoms with E-state index in [9.17, 15) is 0 Å². The molecule has 1 aliphatic heterocycles. The third-order valence-electron chi connectivity index (χ3n) is 4.01. The van der Waals surface area contributed by atoms with Crippen LogP contribution in [0, 0.1) is 0 Å². The van der Waals surface area contributed by atoms with Crippen molar-refractivity contribution in [2.24, 2.45) is 0 Å². The molecule has 0 unspecified atom stereocenters. The molecule has 21 heavy (non-hydrogen) atoms. The van der Waals surface area contributed by atoms with E-state index in [4.69, 9.17) is 4.74 Å². The van der Waals surface area contributed by atoms with Gasteiger partial charge in [-0.25, -0.2) is 4.68 Å². The molecule has 2 aromatic heterocycles. The lowest BCUT2D eigenvalue weighted by atomic mass is 9.85. The summed E-state index contributed by atoms with van der Waals surface area (Å²) in [6.45, 7) is 4.34. The van der Waals surface area contributed by atoms with Crippen molar-refractivity contribution >= 4 is 10.9 Å². The molecular weight excluding hydrogens is 264 g/mol. The van der Waals surface area contributed by atoms with Crippen LogP contribution in [0.3, 0.4) is 0 Å². The highest BCUT2D eigenvalue weighted by atomic mass is 16.5. The normalized spacial score (nSPS) is 16.8. The molecule has 0 radical (unpaired) electrons. The van der Waals surface area contributed by atoms with Crippen molar-refractivity contribution < 1.29 is 4.74 Å². The SMILES string of the molecule is CC1(c2cn(Cc3ccc4ncccc4c3)nn2)COC1. The van der Waals surface area contributed by atoms with E-state index in [0.717, 1.165) is 36.4 Å². The Morgan fingerprint density at radius 1 is 1.29 bits per heavy atom. The van der Waals surface area contributed by atoms with E-state index in [2.05, 4.69) is 40.4 Å². The van der Waals surface area contributed by atoms with Gasteiger partial charge >= 0.3 is 0 Å². The molecule has 0 N–H and O–H groups in total. The summed E-state index contributed by atoms with van der Waals surface area (Å²) in [6.07, 6.45) is 3.84. The molecule has 0 spiro atoms. The second kappa shape index (κ2) is 4.63. The second-order valence-electron chi connectivity index (χ2n) is 5.89. The number of pyridine rings is 1. The van der Waals surface area contributed by atoms with Crippen LogP contribution in [0.25, 0.3) is 10.9 Å². The average Bonchev–Trinajstić information content (AvgIpc) is 2.93. The van der Waals surface area contributed by atoms with Gasteiger partial charge in [0.05, 0.1) is 36.4 Å². The number of benzene rings is 1. The van der Waals surface area contributed by atoms with Crippen molar-refractivity contribution in [3.63, 3.8) is 0 Å². The minimum atomic E-state index is 0.0333. The van der Waals surface area contributed by atoms with Gasteiger partial charge in [-0.15, -0.1) is 5.10 Å². The highest BCUT2D eigenvalue weighted by molar-refractivity contribution is 5.78. The van der Waals surface area contributed by atoms with E-state index < -0.39 is 0 Å². The molecule has 0 atom stereocenters. The minimum absolute atomic E-state index is 0.0333. The van der Waals surface area contributed by atoms with Crippen molar-refractivity contribution in [3.8, 4) is 0 Å². The summed E-state index contributed by atoms with van der Waals surface area (Å²) in [5.74, 6) is 0. The summed E-state index contributed by atoms with van der Waals surface area (Å²) in [7, 11) is 0. The van der Waals surface area contributed by atoms with Gasteiger partial charge in [0, 0.05) is 17.8 Å². The third-order valence-corrected chi connectivity index (χ3v) is 4.01. The molecule has 0 saturated carbocycles. The predicted octanol–water partition coefficient (Wildman–Crippen LogP) is 2.16. The van der Waals surface area contributed by atoms with Gasteiger partial charge < -0.3 is 4.74 Å². The molecule has 5 heteroatoms. The molecule has 1 saturated heterocycles. The molecular formula is C16H16N4O. The quantitative estimate of drug-likeness (QED) is 0.738. The van der Waals surface area contributed by atoms with Crippen LogP contribution in [-0.2, 0) is 16.7 Å². The lowest BCUT2D eigenvalue weighted by Crippen LogP contribution is -2.44. The van der Waals surface area contributed by atoms with Crippen LogP contribution in [0.4, 0.5) is 0 Å². The van der Waals surface area contributed by atoms with Crippen LogP contribution >= 0.6 is 0 Å². The summed E-state index contributed by atoms with van der Waals surface area (Å²) in [5.41, 5.74) is 3.25. The summed E-state index contributed by atoms with van der Waals surface area (Å²) >= 11 is 0. The molecule has 0 aliphatic carbocycles. The van der Waals surface area contributed by atoms with E-state index in [1.165, 1.54) is 5.56 Å². The summed E-state index contributed by atoms with van der Waals surface area (Å²) in [5, 5.41) is 9.67. The van der Waals surface area contributed by atoms with Gasteiger partial charge in [-0.3, -0.25) is 4.98 Å². The molecule has 106 valence electrons. The van der Waals surface area contributed by atoms with Gasteiger partial charge in [-0.05, 0) is 30.7 Å². The van der Waals surface area contributed by atoms with E-state index in [-0.39, 0.29) is 5.41 Å². The van der Waals surface area contributed by atoms with Crippen LogP contribution < -0.4 is 0 Å². The number of rotatable bonds is 3. The van der Waals surface area contributed by atoms with Crippen molar-refractivity contribution in [2.45, 2.75) is 18.9 Å². The first-order valence-corrected chi connectivity index (χ1v) is 7.05. The minimum Gasteiger partial charge on any atom is -0.379 e. The van der Waals surface area contributed by atoms with Gasteiger partial charge in [0.2, 0.25) is 0 Å². The number of hydrogen-bond donors (Lipinski definition) is 0. The molecule has 3 heterocycles. The molecule has 4 rings (SSSR count). The lowest BCUT2D eigenvalue weighted by molar-refractivity contribution is -0.0521. The highest BCUT2D eigenvalue weighted by Gasteiger charge is 2.37. The van der Waals surface area contributed by atoms with Crippen LogP contribution in [0.5, 0.6) is 0 Å². The molecule has 1 aromatic carbocycles. The Morgan fingerprint density at radius 2 is 2.19 bits per heavy atom. The fraction of sp³-hybridized carbons (Fsp3) is 0.312. The average molecular weight is 280 g/mol. The summed E-state index contributed by atoms with van der Waals surface area (Å²) in [4.78, 5) is 4.34. The Hall–Kier alpha value is -2.27. The molecule has 5 nitrogen and oxygen atoms in total. The maximum absolute atomic E-state index is 5.28. The third kappa shape index (κ3) is 2.19. The Balaban J connectivity index is 1.59. The predicted molar refractivity (Wildman–Crippen MR) is 79.0 cm³/mol. The van der Waals surface area contributed by atoms with Gasteiger partial charge in [0.1, 0.15) is 0 Å². The largest absolute Gasteiger partial charge is 0.379 e. The first kappa shape index (κ1) is 12.5. The fourth-order valence-corrected chi connectivity index (χ4v) is 2.62. The Morgan fingerprint density at radius 3 is 3.00 bits per heavy atom. The van der Waals surface area contributed by atoms with E-state index in [0.29, 0.717) is 0 Å². The zero-order valence-electron chi connectivity index (χ0n) is 11.9. The zero-order valence-corrected chi connectivity index (χ0v) is 11.9. The topological polar surface area (TPSA) is 52.8 Å². The van der Waals surface area contributed by atoms with Crippen LogP contribution in [0.15, 0.2) is 42.7 Å². The van der Waals surface area contributed by atoms with E-state index in [1.807, 2.05) is 29.2 Å². The van der Waals surface area contributed by atoms with Gasteiger partial charge in [-0.2, -0.15) is 0 Å². The maximum Gasteiger partial charge on any atom is 0.0932 e. The standard InChI is InChI=1S/C16H16N4O/c1-16(10-21-11-16)15-9-20(19-18-15)8-12-4-5-14-13(7-12)3-2-6-17-14/h2-7,9H,8,10-11H2,1H3. The fourth-order valence-electron chi connectivity index (χ4n) is 2.62. The number of fused-ring (bicyclic) bond motifs is 1. The van der Waals surface area contributed by atoms with Crippen molar-refractivity contribution in [1.29, 1.82) is 0 Å². The van der Waals surface area contributed by atoms with Gasteiger partial charge in [0.25, 0.3) is 0 Å². The van der Waals surface area contributed by atoms with Gasteiger partial charge in [0.15, 0.2) is 0 Å². The lowest BCUT2D eigenvalue weighted by Gasteiger charge is -2.35. The van der Waals surface area contributed by atoms with Crippen molar-refractivity contribution in [3.05, 3.63) is 54.0 Å². The Kier molecular flexibility index (Phi) is 2.75. The van der Waals surface area contributed by atoms with E-state index >= 15 is 0 Å². The molecule has 1 aliphatic rings. The number of nitrogens with zero attached hydrogens (tertiary/aromatic N) is 4. The number of hydrogen-bond acceptors (Lipinski definition) is 4. The molecule has 0 amide bonds. The first-order chi connectivity index (χ1) is 10.2. The van der Waals surface area contributed by atoms with Crippen LogP contribution in [0.1, 0.15) is 18.2 Å². The maximum atomic E-state index is 5.28. The molecule has 0 bridgehead atoms. The van der Waals surface area contributed by atoms with Crippen molar-refractivity contribution in [2.75, 3.05) is 13.2 Å². The number of ether oxygens (including phenoxy) is 1. The number of aromatic nitrogens is 4. The second-order valence-corrected chi connectivity index (χ2v) is 5.89. The zero-order chi connectivity index (χ0) is 14.3. The smallest absolute Gasteiger partial charge is 0.0932 e. The van der Waals surface area contributed by atoms with Crippen LogP contribution in [-0.4, -0.2) is 33.2 Å². The highest BCUT2D eigenvalue weighted by Crippen LogP contribution is 2.29. The first-order valence-electron chi connectivity index (χ1n) is 7.05. The van der Waals surface area contributed by atoms with Crippen molar-refractivity contribution in [1.82, 2.24) is 20.0 Å². The summed E-state index contributed by atoms with van der Waals surface area (Å²) in [6, 6.07) is 10.3. The van der Waals surface area contributed by atoms with Gasteiger partial charge in [-0.1, -0.05) is 17.3 Å². The Labute approximate surface area is 122 Å². The van der Waals surface area contributed by atoms with E-state index in [1.54, 1.807) is 0 Å². The summed E-state index contributed by atoms with van der Waals surface area (Å²) < 4.78 is 7.17. The molecule has 1 fully saturated rings.